The number of carbonyl (C=O) groups is 2. The van der Waals surface area contributed by atoms with Gasteiger partial charge in [-0.25, -0.2) is 0 Å². The van der Waals surface area contributed by atoms with Gasteiger partial charge in [0.2, 0.25) is 6.79 Å². The van der Waals surface area contributed by atoms with Gasteiger partial charge < -0.3 is 14.2 Å². The highest BCUT2D eigenvalue weighted by Gasteiger charge is 2.59. The van der Waals surface area contributed by atoms with Crippen molar-refractivity contribution >= 4 is 23.7 Å². The maximum absolute atomic E-state index is 12.7. The number of rotatable bonds is 6. The molecule has 2 heterocycles. The van der Waals surface area contributed by atoms with Gasteiger partial charge in [0.1, 0.15) is 6.61 Å². The van der Waals surface area contributed by atoms with E-state index in [1.807, 2.05) is 12.2 Å². The molecule has 2 fully saturated rings. The summed E-state index contributed by atoms with van der Waals surface area (Å²) in [5.74, 6) is 0.208. The SMILES string of the molecule is O=C1C2C3C=CC(C3)C2C(=O)N1N=Cc1ccc(OCc2ccc3c(c2)OCO3)c([N+](=O)[O-])c1. The maximum atomic E-state index is 12.7. The summed E-state index contributed by atoms with van der Waals surface area (Å²) in [4.78, 5) is 36.6. The Morgan fingerprint density at radius 1 is 1.06 bits per heavy atom. The fourth-order valence-corrected chi connectivity index (χ4v) is 5.20. The van der Waals surface area contributed by atoms with Crippen molar-refractivity contribution in [3.63, 3.8) is 0 Å². The standard InChI is InChI=1S/C24H19N3O7/c28-23-21-15-3-4-16(9-15)22(21)24(29)26(23)25-10-13-1-5-18(17(7-13)27(30)31)32-11-14-2-6-19-20(8-14)34-12-33-19/h1-8,10,15-16,21-22H,9,11-12H2. The van der Waals surface area contributed by atoms with Crippen LogP contribution in [-0.4, -0.2) is 34.8 Å². The third kappa shape index (κ3) is 3.21. The Bertz CT molecular complexity index is 1260. The van der Waals surface area contributed by atoms with Crippen LogP contribution >= 0.6 is 0 Å². The number of allylic oxidation sites excluding steroid dienone is 2. The Kier molecular flexibility index (Phi) is 4.61. The summed E-state index contributed by atoms with van der Waals surface area (Å²) >= 11 is 0. The zero-order valence-corrected chi connectivity index (χ0v) is 17.8. The zero-order valence-electron chi connectivity index (χ0n) is 17.8. The van der Waals surface area contributed by atoms with Gasteiger partial charge in [-0.3, -0.25) is 19.7 Å². The minimum absolute atomic E-state index is 0.0883. The zero-order chi connectivity index (χ0) is 23.4. The summed E-state index contributed by atoms with van der Waals surface area (Å²) in [5, 5.41) is 16.6. The Morgan fingerprint density at radius 3 is 2.53 bits per heavy atom. The van der Waals surface area contributed by atoms with E-state index in [4.69, 9.17) is 14.2 Å². The molecule has 0 aromatic heterocycles. The van der Waals surface area contributed by atoms with Crippen molar-refractivity contribution in [2.45, 2.75) is 13.0 Å². The van der Waals surface area contributed by atoms with E-state index >= 15 is 0 Å². The molecular formula is C24H19N3O7. The molecule has 34 heavy (non-hydrogen) atoms. The van der Waals surface area contributed by atoms with Crippen molar-refractivity contribution < 1.29 is 28.7 Å². The van der Waals surface area contributed by atoms with Crippen molar-refractivity contribution in [3.05, 3.63) is 69.8 Å². The summed E-state index contributed by atoms with van der Waals surface area (Å²) in [7, 11) is 0. The molecule has 2 aliphatic carbocycles. The van der Waals surface area contributed by atoms with Crippen LogP contribution in [0.2, 0.25) is 0 Å². The summed E-state index contributed by atoms with van der Waals surface area (Å²) in [5.41, 5.74) is 0.896. The minimum Gasteiger partial charge on any atom is -0.482 e. The number of nitro benzene ring substituents is 1. The summed E-state index contributed by atoms with van der Waals surface area (Å²) in [6, 6.07) is 9.67. The van der Waals surface area contributed by atoms with Crippen LogP contribution in [0.1, 0.15) is 17.5 Å². The highest BCUT2D eigenvalue weighted by molar-refractivity contribution is 6.06. The molecule has 1 saturated heterocycles. The van der Waals surface area contributed by atoms with E-state index < -0.39 is 4.92 Å². The highest BCUT2D eigenvalue weighted by Crippen LogP contribution is 2.52. The molecule has 10 heteroatoms. The van der Waals surface area contributed by atoms with E-state index in [0.29, 0.717) is 17.1 Å². The Balaban J connectivity index is 1.18. The van der Waals surface area contributed by atoms with Gasteiger partial charge in [-0.05, 0) is 48.1 Å². The second-order valence-corrected chi connectivity index (χ2v) is 8.69. The molecule has 172 valence electrons. The second-order valence-electron chi connectivity index (χ2n) is 8.69. The van der Waals surface area contributed by atoms with Gasteiger partial charge >= 0.3 is 5.69 Å². The van der Waals surface area contributed by atoms with Gasteiger partial charge in [-0.1, -0.05) is 18.2 Å². The molecule has 2 amide bonds. The van der Waals surface area contributed by atoms with Gasteiger partial charge in [0.05, 0.1) is 23.0 Å². The average molecular weight is 461 g/mol. The molecule has 4 aliphatic rings. The first-order chi connectivity index (χ1) is 16.5. The highest BCUT2D eigenvalue weighted by atomic mass is 16.7. The number of nitrogens with zero attached hydrogens (tertiary/aromatic N) is 3. The first-order valence-electron chi connectivity index (χ1n) is 10.9. The van der Waals surface area contributed by atoms with Gasteiger partial charge in [-0.2, -0.15) is 10.1 Å². The van der Waals surface area contributed by atoms with Gasteiger partial charge in [0.15, 0.2) is 17.2 Å². The fraction of sp³-hybridized carbons (Fsp3) is 0.292. The van der Waals surface area contributed by atoms with E-state index in [1.165, 1.54) is 18.3 Å². The van der Waals surface area contributed by atoms with E-state index in [1.54, 1.807) is 24.3 Å². The van der Waals surface area contributed by atoms with Crippen LogP contribution in [0, 0.1) is 33.8 Å². The Morgan fingerprint density at radius 2 is 1.79 bits per heavy atom. The number of carbonyl (C=O) groups excluding carboxylic acids is 2. The molecule has 2 aromatic rings. The molecule has 2 bridgehead atoms. The number of hydrogen-bond donors (Lipinski definition) is 0. The molecule has 4 unspecified atom stereocenters. The third-order valence-corrected chi connectivity index (χ3v) is 6.78. The lowest BCUT2D eigenvalue weighted by Gasteiger charge is -2.13. The van der Waals surface area contributed by atoms with Crippen molar-refractivity contribution in [2.75, 3.05) is 6.79 Å². The quantitative estimate of drug-likeness (QED) is 0.213. The maximum Gasteiger partial charge on any atom is 0.311 e. The van der Waals surface area contributed by atoms with Crippen LogP contribution in [0.4, 0.5) is 5.69 Å². The number of ether oxygens (including phenoxy) is 3. The smallest absolute Gasteiger partial charge is 0.311 e. The van der Waals surface area contributed by atoms with E-state index in [0.717, 1.165) is 17.0 Å². The topological polar surface area (TPSA) is 121 Å². The number of imide groups is 1. The summed E-state index contributed by atoms with van der Waals surface area (Å²) in [6.07, 6.45) is 6.15. The van der Waals surface area contributed by atoms with Crippen molar-refractivity contribution in [3.8, 4) is 17.2 Å². The van der Waals surface area contributed by atoms with Gasteiger partial charge in [0.25, 0.3) is 11.8 Å². The number of hydrazone groups is 1. The third-order valence-electron chi connectivity index (χ3n) is 6.78. The molecule has 0 N–H and O–H groups in total. The lowest BCUT2D eigenvalue weighted by atomic mass is 9.85. The van der Waals surface area contributed by atoms with Crippen LogP contribution in [0.15, 0.2) is 53.7 Å². The molecule has 0 radical (unpaired) electrons. The molecular weight excluding hydrogens is 442 g/mol. The van der Waals surface area contributed by atoms with Crippen LogP contribution < -0.4 is 14.2 Å². The number of benzene rings is 2. The monoisotopic (exact) mass is 461 g/mol. The van der Waals surface area contributed by atoms with E-state index in [2.05, 4.69) is 5.10 Å². The molecule has 10 nitrogen and oxygen atoms in total. The summed E-state index contributed by atoms with van der Waals surface area (Å²) in [6.45, 7) is 0.253. The fourth-order valence-electron chi connectivity index (χ4n) is 5.20. The Hall–Kier alpha value is -4.21. The predicted molar refractivity (Wildman–Crippen MR) is 117 cm³/mol. The first-order valence-corrected chi connectivity index (χ1v) is 10.9. The van der Waals surface area contributed by atoms with Crippen LogP contribution in [0.3, 0.4) is 0 Å². The number of amides is 2. The molecule has 1 saturated carbocycles. The lowest BCUT2D eigenvalue weighted by molar-refractivity contribution is -0.385. The number of nitro groups is 1. The molecule has 2 aliphatic heterocycles. The number of fused-ring (bicyclic) bond motifs is 6. The first kappa shape index (κ1) is 20.4. The van der Waals surface area contributed by atoms with Crippen molar-refractivity contribution in [1.29, 1.82) is 0 Å². The average Bonchev–Trinajstić information content (AvgIpc) is 3.61. The minimum atomic E-state index is -0.549. The molecule has 2 aromatic carbocycles. The summed E-state index contributed by atoms with van der Waals surface area (Å²) < 4.78 is 16.3. The van der Waals surface area contributed by atoms with Gasteiger partial charge in [0, 0.05) is 11.6 Å². The second kappa shape index (κ2) is 7.68. The largest absolute Gasteiger partial charge is 0.482 e. The number of hydrogen-bond acceptors (Lipinski definition) is 8. The Labute approximate surface area is 193 Å². The van der Waals surface area contributed by atoms with Gasteiger partial charge in [-0.15, -0.1) is 0 Å². The van der Waals surface area contributed by atoms with E-state index in [-0.39, 0.29) is 60.3 Å². The molecule has 0 spiro atoms. The lowest BCUT2D eigenvalue weighted by Crippen LogP contribution is -2.28. The van der Waals surface area contributed by atoms with Crippen LogP contribution in [0.25, 0.3) is 0 Å². The van der Waals surface area contributed by atoms with Crippen molar-refractivity contribution in [2.24, 2.45) is 28.8 Å². The van der Waals surface area contributed by atoms with Crippen LogP contribution in [0.5, 0.6) is 17.2 Å². The van der Waals surface area contributed by atoms with E-state index in [9.17, 15) is 19.7 Å². The van der Waals surface area contributed by atoms with Crippen LogP contribution in [-0.2, 0) is 16.2 Å². The molecule has 6 rings (SSSR count). The molecule has 4 atom stereocenters. The predicted octanol–water partition coefficient (Wildman–Crippen LogP) is 3.04. The normalized spacial score (nSPS) is 26.1. The van der Waals surface area contributed by atoms with Crippen molar-refractivity contribution in [1.82, 2.24) is 5.01 Å².